The first kappa shape index (κ1) is 18.6. The van der Waals surface area contributed by atoms with Crippen LogP contribution in [0.15, 0.2) is 57.7 Å². The quantitative estimate of drug-likeness (QED) is 0.439. The molecule has 142 valence electrons. The molecule has 0 spiro atoms. The van der Waals surface area contributed by atoms with Gasteiger partial charge in [-0.25, -0.2) is 4.98 Å². The lowest BCUT2D eigenvalue weighted by molar-refractivity contribution is 0.916. The van der Waals surface area contributed by atoms with Gasteiger partial charge in [-0.05, 0) is 43.2 Å². The zero-order valence-corrected chi connectivity index (χ0v) is 17.1. The molecule has 0 radical (unpaired) electrons. The number of anilines is 2. The summed E-state index contributed by atoms with van der Waals surface area (Å²) in [6.07, 6.45) is 1.02. The molecule has 6 nitrogen and oxygen atoms in total. The lowest BCUT2D eigenvalue weighted by Crippen LogP contribution is -2.12. The van der Waals surface area contributed by atoms with Gasteiger partial charge in [-0.15, -0.1) is 10.2 Å². The van der Waals surface area contributed by atoms with Gasteiger partial charge in [-0.1, -0.05) is 54.3 Å². The van der Waals surface area contributed by atoms with E-state index in [1.807, 2.05) is 37.3 Å². The number of H-pyrrole nitrogens is 1. The van der Waals surface area contributed by atoms with Crippen molar-refractivity contribution in [2.24, 2.45) is 0 Å². The summed E-state index contributed by atoms with van der Waals surface area (Å²) in [6, 6.07) is 15.6. The number of aromatic nitrogens is 4. The van der Waals surface area contributed by atoms with Crippen molar-refractivity contribution in [2.75, 3.05) is 5.32 Å². The van der Waals surface area contributed by atoms with Crippen LogP contribution in [0.3, 0.4) is 0 Å². The summed E-state index contributed by atoms with van der Waals surface area (Å²) in [5.74, 6) is 0.633. The van der Waals surface area contributed by atoms with E-state index in [4.69, 9.17) is 0 Å². The van der Waals surface area contributed by atoms with E-state index in [2.05, 4.69) is 44.5 Å². The maximum absolute atomic E-state index is 12.3. The first-order chi connectivity index (χ1) is 13.6. The number of hydrogen-bond acceptors (Lipinski definition) is 7. The van der Waals surface area contributed by atoms with Crippen molar-refractivity contribution in [2.45, 2.75) is 29.9 Å². The standard InChI is InChI=1S/C20H19N5OS2/c1-3-13-8-10-14(11-9-13)21-19-24-25-20(28-19)27-12(2)17-22-16-7-5-4-6-15(16)18(26)23-17/h4-12H,3H2,1-2H3,(H,21,24)(H,22,23,26)/t12-/m0/s1. The van der Waals surface area contributed by atoms with Crippen LogP contribution in [0.25, 0.3) is 10.9 Å². The molecule has 0 bridgehead atoms. The van der Waals surface area contributed by atoms with E-state index in [0.29, 0.717) is 16.7 Å². The number of rotatable bonds is 6. The Morgan fingerprint density at radius 3 is 2.71 bits per heavy atom. The predicted octanol–water partition coefficient (Wildman–Crippen LogP) is 4.93. The van der Waals surface area contributed by atoms with Gasteiger partial charge < -0.3 is 10.3 Å². The minimum atomic E-state index is -0.122. The fourth-order valence-electron chi connectivity index (χ4n) is 2.76. The highest BCUT2D eigenvalue weighted by Crippen LogP contribution is 2.36. The second kappa shape index (κ2) is 8.12. The number of thioether (sulfide) groups is 1. The molecule has 0 saturated carbocycles. The molecule has 0 amide bonds. The van der Waals surface area contributed by atoms with Gasteiger partial charge in [-0.2, -0.15) is 0 Å². The lowest BCUT2D eigenvalue weighted by atomic mass is 10.1. The molecule has 1 atom stereocenters. The first-order valence-electron chi connectivity index (χ1n) is 8.97. The van der Waals surface area contributed by atoms with Crippen molar-refractivity contribution < 1.29 is 0 Å². The number of nitrogens with one attached hydrogen (secondary N) is 2. The normalized spacial score (nSPS) is 12.2. The molecule has 8 heteroatoms. The van der Waals surface area contributed by atoms with Crippen LogP contribution in [0.4, 0.5) is 10.8 Å². The predicted molar refractivity (Wildman–Crippen MR) is 116 cm³/mol. The third kappa shape index (κ3) is 4.07. The van der Waals surface area contributed by atoms with Crippen molar-refractivity contribution in [3.8, 4) is 0 Å². The molecule has 2 aromatic heterocycles. The Morgan fingerprint density at radius 1 is 1.14 bits per heavy atom. The number of hydrogen-bond donors (Lipinski definition) is 2. The van der Waals surface area contributed by atoms with Crippen LogP contribution in [0, 0.1) is 0 Å². The van der Waals surface area contributed by atoms with E-state index in [1.165, 1.54) is 28.7 Å². The number of aryl methyl sites for hydroxylation is 1. The van der Waals surface area contributed by atoms with Crippen molar-refractivity contribution >= 4 is 44.8 Å². The summed E-state index contributed by atoms with van der Waals surface area (Å²) in [6.45, 7) is 4.13. The Bertz CT molecular complexity index is 1150. The summed E-state index contributed by atoms with van der Waals surface area (Å²) >= 11 is 3.00. The molecule has 2 N–H and O–H groups in total. The van der Waals surface area contributed by atoms with Gasteiger partial charge in [0.05, 0.1) is 16.2 Å². The van der Waals surface area contributed by atoms with Gasteiger partial charge >= 0.3 is 0 Å². The highest BCUT2D eigenvalue weighted by Gasteiger charge is 2.15. The van der Waals surface area contributed by atoms with Crippen LogP contribution in [0.5, 0.6) is 0 Å². The van der Waals surface area contributed by atoms with Gasteiger partial charge in [0.2, 0.25) is 5.13 Å². The number of nitrogens with zero attached hydrogens (tertiary/aromatic N) is 3. The van der Waals surface area contributed by atoms with Crippen molar-refractivity contribution in [1.82, 2.24) is 20.2 Å². The van der Waals surface area contributed by atoms with Gasteiger partial charge in [-0.3, -0.25) is 4.79 Å². The summed E-state index contributed by atoms with van der Waals surface area (Å²) in [4.78, 5) is 19.7. The fraction of sp³-hybridized carbons (Fsp3) is 0.200. The molecule has 0 unspecified atom stereocenters. The van der Waals surface area contributed by atoms with Gasteiger partial charge in [0.1, 0.15) is 5.82 Å². The summed E-state index contributed by atoms with van der Waals surface area (Å²) in [5.41, 5.74) is 2.86. The molecular weight excluding hydrogens is 390 g/mol. The highest BCUT2D eigenvalue weighted by atomic mass is 32.2. The molecule has 4 rings (SSSR count). The number of benzene rings is 2. The fourth-order valence-corrected chi connectivity index (χ4v) is 4.73. The Balaban J connectivity index is 1.48. The monoisotopic (exact) mass is 409 g/mol. The molecule has 2 aromatic carbocycles. The zero-order valence-electron chi connectivity index (χ0n) is 15.5. The van der Waals surface area contributed by atoms with E-state index >= 15 is 0 Å². The smallest absolute Gasteiger partial charge is 0.258 e. The van der Waals surface area contributed by atoms with Gasteiger partial charge in [0.25, 0.3) is 5.56 Å². The van der Waals surface area contributed by atoms with E-state index < -0.39 is 0 Å². The molecule has 0 fully saturated rings. The minimum Gasteiger partial charge on any atom is -0.330 e. The maximum atomic E-state index is 12.3. The Kier molecular flexibility index (Phi) is 5.40. The number of aromatic amines is 1. The van der Waals surface area contributed by atoms with Crippen molar-refractivity contribution in [3.05, 3.63) is 70.3 Å². The summed E-state index contributed by atoms with van der Waals surface area (Å²) < 4.78 is 0.816. The molecule has 0 aliphatic carbocycles. The molecule has 0 aliphatic heterocycles. The largest absolute Gasteiger partial charge is 0.330 e. The zero-order chi connectivity index (χ0) is 19.5. The number of fused-ring (bicyclic) bond motifs is 1. The van der Waals surface area contributed by atoms with Crippen LogP contribution >= 0.6 is 23.1 Å². The van der Waals surface area contributed by atoms with Crippen molar-refractivity contribution in [3.63, 3.8) is 0 Å². The van der Waals surface area contributed by atoms with E-state index in [1.54, 1.807) is 6.07 Å². The second-order valence-corrected chi connectivity index (χ2v) is 8.84. The molecule has 2 heterocycles. The molecule has 0 saturated heterocycles. The van der Waals surface area contributed by atoms with Crippen LogP contribution in [0.1, 0.15) is 30.5 Å². The van der Waals surface area contributed by atoms with E-state index in [9.17, 15) is 4.79 Å². The third-order valence-electron chi connectivity index (χ3n) is 4.31. The average molecular weight is 410 g/mol. The van der Waals surface area contributed by atoms with Crippen LogP contribution in [0.2, 0.25) is 0 Å². The molecule has 0 aliphatic rings. The summed E-state index contributed by atoms with van der Waals surface area (Å²) in [5, 5.41) is 13.0. The Morgan fingerprint density at radius 2 is 1.93 bits per heavy atom. The maximum Gasteiger partial charge on any atom is 0.258 e. The topological polar surface area (TPSA) is 83.6 Å². The SMILES string of the molecule is CCc1ccc(Nc2nnc(S[C@@H](C)c3nc4ccccc4c(=O)[nH]3)s2)cc1. The Labute approximate surface area is 170 Å². The minimum absolute atomic E-state index is 0.0538. The van der Waals surface area contributed by atoms with Crippen LogP contribution in [-0.4, -0.2) is 20.2 Å². The average Bonchev–Trinajstić information content (AvgIpc) is 3.15. The highest BCUT2D eigenvalue weighted by molar-refractivity contribution is 8.01. The Hall–Kier alpha value is -2.71. The van der Waals surface area contributed by atoms with Crippen LogP contribution in [-0.2, 0) is 6.42 Å². The summed E-state index contributed by atoms with van der Waals surface area (Å²) in [7, 11) is 0. The lowest BCUT2D eigenvalue weighted by Gasteiger charge is -2.08. The number of para-hydroxylation sites is 1. The molecule has 4 aromatic rings. The first-order valence-corrected chi connectivity index (χ1v) is 10.7. The van der Waals surface area contributed by atoms with Gasteiger partial charge in [0, 0.05) is 5.69 Å². The van der Waals surface area contributed by atoms with E-state index in [-0.39, 0.29) is 10.8 Å². The second-order valence-electron chi connectivity index (χ2n) is 6.28. The van der Waals surface area contributed by atoms with Crippen molar-refractivity contribution in [1.29, 1.82) is 0 Å². The molecular formula is C20H19N5OS2. The van der Waals surface area contributed by atoms with E-state index in [0.717, 1.165) is 21.6 Å². The third-order valence-corrected chi connectivity index (χ3v) is 6.35. The molecule has 28 heavy (non-hydrogen) atoms. The van der Waals surface area contributed by atoms with Crippen LogP contribution < -0.4 is 10.9 Å². The van der Waals surface area contributed by atoms with Gasteiger partial charge in [0.15, 0.2) is 4.34 Å².